The molecule has 0 spiro atoms. The van der Waals surface area contributed by atoms with Crippen LogP contribution in [0.4, 0.5) is 16.5 Å². The van der Waals surface area contributed by atoms with Crippen LogP contribution < -0.4 is 9.75 Å². The van der Waals surface area contributed by atoms with E-state index in [1.54, 1.807) is 48.7 Å². The van der Waals surface area contributed by atoms with Crippen molar-refractivity contribution in [3.05, 3.63) is 64.0 Å². The lowest BCUT2D eigenvalue weighted by molar-refractivity contribution is -0.384. The van der Waals surface area contributed by atoms with Crippen LogP contribution in [0, 0.1) is 10.1 Å². The maximum Gasteiger partial charge on any atom is 0.282 e. The van der Waals surface area contributed by atoms with Crippen LogP contribution in [0.1, 0.15) is 13.8 Å². The molecule has 32 heavy (non-hydrogen) atoms. The highest BCUT2D eigenvalue weighted by Gasteiger charge is 2.36. The number of thiazole rings is 1. The summed E-state index contributed by atoms with van der Waals surface area (Å²) in [5.41, 5.74) is 2.17. The Hall–Kier alpha value is -3.99. The molecule has 2 aromatic carbocycles. The second-order valence-corrected chi connectivity index (χ2v) is 7.60. The largest absolute Gasteiger partial charge is 0.494 e. The van der Waals surface area contributed by atoms with Gasteiger partial charge in [-0.3, -0.25) is 14.9 Å². The number of carbonyl (C=O) groups excluding carboxylic acids is 1. The zero-order valence-corrected chi connectivity index (χ0v) is 18.0. The van der Waals surface area contributed by atoms with Crippen LogP contribution in [0.3, 0.4) is 0 Å². The number of rotatable bonds is 7. The summed E-state index contributed by atoms with van der Waals surface area (Å²) >= 11 is 1.22. The Kier molecular flexibility index (Phi) is 5.99. The number of aromatic nitrogens is 1. The van der Waals surface area contributed by atoms with E-state index in [4.69, 9.17) is 4.74 Å². The van der Waals surface area contributed by atoms with E-state index < -0.39 is 11.0 Å². The first-order valence-electron chi connectivity index (χ1n) is 9.69. The number of non-ortho nitro benzene ring substituents is 1. The molecular weight excluding hydrogens is 432 g/mol. The lowest BCUT2D eigenvalue weighted by Crippen LogP contribution is -2.29. The van der Waals surface area contributed by atoms with Gasteiger partial charge in [0.1, 0.15) is 5.75 Å². The summed E-state index contributed by atoms with van der Waals surface area (Å²) in [5, 5.41) is 26.9. The fourth-order valence-corrected chi connectivity index (χ4v) is 3.79. The second kappa shape index (κ2) is 9.02. The average Bonchev–Trinajstić information content (AvgIpc) is 3.38. The third-order valence-corrected chi connectivity index (χ3v) is 5.37. The smallest absolute Gasteiger partial charge is 0.282 e. The minimum absolute atomic E-state index is 0.0297. The summed E-state index contributed by atoms with van der Waals surface area (Å²) in [6, 6.07) is 12.4. The van der Waals surface area contributed by atoms with E-state index in [9.17, 15) is 14.9 Å². The number of azo groups is 1. The van der Waals surface area contributed by atoms with Gasteiger partial charge in [0, 0.05) is 23.1 Å². The molecule has 0 unspecified atom stereocenters. The van der Waals surface area contributed by atoms with Crippen molar-refractivity contribution in [1.29, 1.82) is 0 Å². The Morgan fingerprint density at radius 1 is 1.25 bits per heavy atom. The molecule has 0 fully saturated rings. The van der Waals surface area contributed by atoms with E-state index >= 15 is 0 Å². The molecule has 0 saturated heterocycles. The van der Waals surface area contributed by atoms with Crippen LogP contribution in [0.15, 0.2) is 69.2 Å². The zero-order chi connectivity index (χ0) is 22.7. The highest BCUT2D eigenvalue weighted by atomic mass is 32.1. The number of nitrogens with zero attached hydrogens (tertiary/aromatic N) is 6. The molecule has 3 aromatic rings. The van der Waals surface area contributed by atoms with Gasteiger partial charge >= 0.3 is 0 Å². The highest BCUT2D eigenvalue weighted by molar-refractivity contribution is 7.14. The van der Waals surface area contributed by atoms with Crippen molar-refractivity contribution in [1.82, 2.24) is 4.98 Å². The maximum absolute atomic E-state index is 12.9. The van der Waals surface area contributed by atoms with E-state index in [0.29, 0.717) is 34.4 Å². The van der Waals surface area contributed by atoms with Crippen LogP contribution in [-0.4, -0.2) is 34.2 Å². The normalized spacial score (nSPS) is 15.9. The summed E-state index contributed by atoms with van der Waals surface area (Å²) in [6.45, 7) is 4.18. The molecule has 1 amide bonds. The SMILES string of the molecule is CCOc1ccc(N=N[C@@H]2C(=O)N(c3nc(-c4cccc([N+](=O)[O-])c4)cs3)N=C2C)cc1. The van der Waals surface area contributed by atoms with Gasteiger partial charge in [0.05, 0.1) is 28.6 Å². The van der Waals surface area contributed by atoms with Crippen molar-refractivity contribution in [3.8, 4) is 17.0 Å². The molecule has 4 rings (SSSR count). The molecule has 1 aliphatic heterocycles. The summed E-state index contributed by atoms with van der Waals surface area (Å²) in [6.07, 6.45) is 0. The van der Waals surface area contributed by atoms with Crippen molar-refractivity contribution in [2.45, 2.75) is 19.9 Å². The maximum atomic E-state index is 12.9. The Balaban J connectivity index is 1.50. The van der Waals surface area contributed by atoms with Gasteiger partial charge in [-0.15, -0.1) is 11.3 Å². The van der Waals surface area contributed by atoms with Crippen LogP contribution in [0.25, 0.3) is 11.3 Å². The number of benzene rings is 2. The van der Waals surface area contributed by atoms with Crippen molar-refractivity contribution in [3.63, 3.8) is 0 Å². The van der Waals surface area contributed by atoms with Gasteiger partial charge in [0.15, 0.2) is 6.04 Å². The number of hydrogen-bond acceptors (Lipinski definition) is 9. The molecule has 0 saturated carbocycles. The van der Waals surface area contributed by atoms with Gasteiger partial charge in [-0.2, -0.15) is 20.3 Å². The Morgan fingerprint density at radius 2 is 2.03 bits per heavy atom. The van der Waals surface area contributed by atoms with Crippen LogP contribution in [-0.2, 0) is 4.79 Å². The first-order valence-corrected chi connectivity index (χ1v) is 10.6. The first-order chi connectivity index (χ1) is 15.5. The summed E-state index contributed by atoms with van der Waals surface area (Å²) in [4.78, 5) is 27.9. The highest BCUT2D eigenvalue weighted by Crippen LogP contribution is 2.32. The number of carbonyl (C=O) groups is 1. The van der Waals surface area contributed by atoms with Gasteiger partial charge in [-0.25, -0.2) is 4.98 Å². The molecule has 0 radical (unpaired) electrons. The summed E-state index contributed by atoms with van der Waals surface area (Å²) in [5.74, 6) is 0.368. The number of anilines is 1. The Morgan fingerprint density at radius 3 is 2.75 bits per heavy atom. The first kappa shape index (κ1) is 21.2. The Bertz CT molecular complexity index is 1220. The molecule has 0 bridgehead atoms. The van der Waals surface area contributed by atoms with Gasteiger partial charge in [0.2, 0.25) is 5.13 Å². The molecule has 162 valence electrons. The summed E-state index contributed by atoms with van der Waals surface area (Å²) in [7, 11) is 0. The minimum atomic E-state index is -0.841. The lowest BCUT2D eigenvalue weighted by atomic mass is 10.1. The van der Waals surface area contributed by atoms with E-state index in [2.05, 4.69) is 20.3 Å². The molecule has 2 heterocycles. The molecule has 10 nitrogen and oxygen atoms in total. The molecule has 1 atom stereocenters. The van der Waals surface area contributed by atoms with E-state index in [1.807, 2.05) is 6.92 Å². The van der Waals surface area contributed by atoms with E-state index in [1.165, 1.54) is 28.5 Å². The lowest BCUT2D eigenvalue weighted by Gasteiger charge is -2.08. The second-order valence-electron chi connectivity index (χ2n) is 6.76. The standard InChI is InChI=1S/C21H18N6O4S/c1-3-31-17-9-7-15(8-10-17)23-24-19-13(2)25-26(20(19)28)21-22-18(12-32-21)14-5-4-6-16(11-14)27(29)30/h4-12,19H,3H2,1-2H3/t19-/m0/s1. The Labute approximate surface area is 187 Å². The van der Waals surface area contributed by atoms with Gasteiger partial charge in [0.25, 0.3) is 11.6 Å². The summed E-state index contributed by atoms with van der Waals surface area (Å²) < 4.78 is 5.40. The predicted octanol–water partition coefficient (Wildman–Crippen LogP) is 4.99. The molecule has 1 aromatic heterocycles. The third-order valence-electron chi connectivity index (χ3n) is 4.56. The molecule has 11 heteroatoms. The van der Waals surface area contributed by atoms with Gasteiger partial charge in [-0.1, -0.05) is 12.1 Å². The number of ether oxygens (including phenoxy) is 1. The number of hydrazone groups is 1. The third kappa shape index (κ3) is 4.37. The van der Waals surface area contributed by atoms with Gasteiger partial charge in [-0.05, 0) is 38.1 Å². The average molecular weight is 450 g/mol. The van der Waals surface area contributed by atoms with Crippen LogP contribution in [0.2, 0.25) is 0 Å². The number of amides is 1. The topological polar surface area (TPSA) is 123 Å². The fraction of sp³-hybridized carbons (Fsp3) is 0.190. The fourth-order valence-electron chi connectivity index (χ4n) is 3.00. The molecule has 0 N–H and O–H groups in total. The van der Waals surface area contributed by atoms with Gasteiger partial charge < -0.3 is 4.74 Å². The zero-order valence-electron chi connectivity index (χ0n) is 17.2. The quantitative estimate of drug-likeness (QED) is 0.285. The van der Waals surface area contributed by atoms with Crippen molar-refractivity contribution >= 4 is 39.5 Å². The number of nitro groups is 1. The number of nitro benzene ring substituents is 1. The van der Waals surface area contributed by atoms with Crippen molar-refractivity contribution < 1.29 is 14.5 Å². The minimum Gasteiger partial charge on any atom is -0.494 e. The van der Waals surface area contributed by atoms with E-state index in [0.717, 1.165) is 5.75 Å². The predicted molar refractivity (Wildman–Crippen MR) is 121 cm³/mol. The monoisotopic (exact) mass is 450 g/mol. The van der Waals surface area contributed by atoms with Crippen LogP contribution >= 0.6 is 11.3 Å². The number of hydrogen-bond donors (Lipinski definition) is 0. The van der Waals surface area contributed by atoms with Crippen molar-refractivity contribution in [2.75, 3.05) is 11.6 Å². The van der Waals surface area contributed by atoms with E-state index in [-0.39, 0.29) is 11.6 Å². The van der Waals surface area contributed by atoms with Crippen molar-refractivity contribution in [2.24, 2.45) is 15.3 Å². The molecule has 1 aliphatic rings. The molecule has 0 aliphatic carbocycles. The molecular formula is C21H18N6O4S. The van der Waals surface area contributed by atoms with Crippen LogP contribution in [0.5, 0.6) is 5.75 Å².